The van der Waals surface area contributed by atoms with Crippen LogP contribution in [0.25, 0.3) is 0 Å². The molecular weight excluding hydrogens is 562 g/mol. The smallest absolute Gasteiger partial charge is 1.00 e. The predicted molar refractivity (Wildman–Crippen MR) is 159 cm³/mol. The Balaban J connectivity index is 0.000000287. The molecule has 2 atom stereocenters. The summed E-state index contributed by atoms with van der Waals surface area (Å²) in [5.74, 6) is 0. The molecule has 0 saturated carbocycles. The summed E-state index contributed by atoms with van der Waals surface area (Å²) in [6, 6.07) is 26.8. The van der Waals surface area contributed by atoms with Crippen molar-refractivity contribution in [2.45, 2.75) is 25.7 Å². The molecule has 8 rings (SSSR count). The second kappa shape index (κ2) is 15.0. The number of rotatable bonds is 4. The number of fused-ring (bicyclic) bond motifs is 1. The molecule has 2 saturated heterocycles. The summed E-state index contributed by atoms with van der Waals surface area (Å²) in [4.78, 5) is 0. The molecule has 3 aliphatic heterocycles. The van der Waals surface area contributed by atoms with Gasteiger partial charge >= 0.3 is 36.3 Å². The minimum atomic E-state index is -1.84. The Morgan fingerprint density at radius 3 is 1.62 bits per heavy atom. The molecule has 6 heterocycles. The normalized spacial score (nSPS) is 22.0. The number of halogens is 1. The van der Waals surface area contributed by atoms with Crippen LogP contribution in [0.5, 0.6) is 0 Å². The molecule has 2 aromatic carbocycles. The molecule has 2 N–H and O–H groups in total. The van der Waals surface area contributed by atoms with E-state index in [0.717, 1.165) is 37.4 Å². The van der Waals surface area contributed by atoms with E-state index in [1.54, 1.807) is 0 Å². The fraction of sp³-hybridized carbons (Fsp3) is 0.276. The van der Waals surface area contributed by atoms with E-state index < -0.39 is 13.2 Å². The molecule has 0 unspecified atom stereocenters. The van der Waals surface area contributed by atoms with Gasteiger partial charge in [-0.05, 0) is 25.7 Å². The van der Waals surface area contributed by atoms with Gasteiger partial charge in [0.2, 0.25) is 0 Å². The standard InChI is InChI=1S/C21H19B2N6O.2C4H8O.ClH.Mg/c1-3-10-20(11-4-1)22(26-16-7-14-24-26)28-18-9-19-29(28)23(30-22,27-17-8-15-25-27)21-12-5-2-6-13-21;2*1-2-4-5-3-1;;/h1-19H;2*1-4H2;1H;/q-1;;;;+2/p+1/t22-,23+;;;;. The monoisotopic (exact) mass is 598 g/mol. The zero-order valence-corrected chi connectivity index (χ0v) is 26.1. The quantitative estimate of drug-likeness (QED) is 0.219. The van der Waals surface area contributed by atoms with Crippen molar-refractivity contribution >= 4 is 47.2 Å². The Morgan fingerprint density at radius 1 is 0.619 bits per heavy atom. The van der Waals surface area contributed by atoms with Crippen LogP contribution in [0.2, 0.25) is 0 Å². The van der Waals surface area contributed by atoms with Gasteiger partial charge in [-0.3, -0.25) is 4.59 Å². The number of nitrogens with zero attached hydrogens (tertiary/aromatic N) is 4. The molecule has 214 valence electrons. The van der Waals surface area contributed by atoms with Gasteiger partial charge in [0.1, 0.15) is 6.20 Å². The minimum absolute atomic E-state index is 0. The SMILES string of the molecule is C1CCOC1.C1CCOC1.[Cl-].[Mg+2].c1ccc([B@-]2(n3ccc[nH+]3)O[B@@-](c3ccccc3)(n3ccc[nH+]3)[n+]3cccn32)cc1. The van der Waals surface area contributed by atoms with Gasteiger partial charge in [-0.1, -0.05) is 66.1 Å². The molecule has 3 aromatic heterocycles. The van der Waals surface area contributed by atoms with E-state index in [1.165, 1.54) is 25.7 Å². The van der Waals surface area contributed by atoms with Crippen molar-refractivity contribution in [1.82, 2.24) is 13.8 Å². The van der Waals surface area contributed by atoms with Crippen LogP contribution in [0.15, 0.2) is 116 Å². The third-order valence-corrected chi connectivity index (χ3v) is 7.85. The van der Waals surface area contributed by atoms with Crippen molar-refractivity contribution in [2.75, 3.05) is 26.4 Å². The average Bonchev–Trinajstić information content (AvgIpc) is 3.87. The van der Waals surface area contributed by atoms with E-state index in [2.05, 4.69) is 95.6 Å². The molecule has 0 amide bonds. The molecule has 9 nitrogen and oxygen atoms in total. The molecule has 13 heteroatoms. The van der Waals surface area contributed by atoms with E-state index in [-0.39, 0.29) is 35.5 Å². The zero-order chi connectivity index (χ0) is 27.1. The molecule has 3 aliphatic rings. The average molecular weight is 599 g/mol. The van der Waals surface area contributed by atoms with Crippen molar-refractivity contribution < 1.29 is 41.2 Å². The fourth-order valence-electron chi connectivity index (χ4n) is 6.00. The first-order valence-electron chi connectivity index (χ1n) is 14.3. The number of hydrogen-bond acceptors (Lipinski definition) is 3. The number of H-pyrrole nitrogens is 2. The molecule has 42 heavy (non-hydrogen) atoms. The second-order valence-corrected chi connectivity index (χ2v) is 10.3. The van der Waals surface area contributed by atoms with Crippen LogP contribution in [0.4, 0.5) is 0 Å². The first-order valence-corrected chi connectivity index (χ1v) is 14.3. The van der Waals surface area contributed by atoms with E-state index in [4.69, 9.17) is 14.0 Å². The predicted octanol–water partition coefficient (Wildman–Crippen LogP) is -2.26. The van der Waals surface area contributed by atoms with Gasteiger partial charge in [-0.2, -0.15) is 10.2 Å². The van der Waals surface area contributed by atoms with E-state index in [0.29, 0.717) is 0 Å². The summed E-state index contributed by atoms with van der Waals surface area (Å²) in [7, 11) is 0. The number of benzene rings is 2. The third kappa shape index (κ3) is 6.10. The van der Waals surface area contributed by atoms with Crippen LogP contribution < -0.4 is 38.1 Å². The van der Waals surface area contributed by atoms with Gasteiger partial charge in [0.15, 0.2) is 12.4 Å². The van der Waals surface area contributed by atoms with Crippen molar-refractivity contribution in [1.29, 1.82) is 0 Å². The van der Waals surface area contributed by atoms with Gasteiger partial charge in [0.25, 0.3) is 0 Å². The van der Waals surface area contributed by atoms with Crippen LogP contribution in [0, 0.1) is 0 Å². The minimum Gasteiger partial charge on any atom is -1.00 e. The molecule has 0 spiro atoms. The number of ether oxygens (including phenoxy) is 2. The topological polar surface area (TPSA) is 74.6 Å². The molecule has 0 bridgehead atoms. The maximum Gasteiger partial charge on any atom is 2.00 e. The second-order valence-electron chi connectivity index (χ2n) is 10.3. The summed E-state index contributed by atoms with van der Waals surface area (Å²) in [6.07, 6.45) is 17.1. The zero-order valence-electron chi connectivity index (χ0n) is 23.9. The van der Waals surface area contributed by atoms with Crippen LogP contribution in [0.3, 0.4) is 0 Å². The molecule has 2 fully saturated rings. The first-order chi connectivity index (χ1) is 19.9. The maximum atomic E-state index is 7.32. The Bertz CT molecular complexity index is 1330. The summed E-state index contributed by atoms with van der Waals surface area (Å²) in [5.41, 5.74) is 2.14. The van der Waals surface area contributed by atoms with Gasteiger partial charge in [-0.25, -0.2) is 4.59 Å². The molecule has 0 aliphatic carbocycles. The Kier molecular flexibility index (Phi) is 11.5. The number of nitrogens with one attached hydrogen (secondary N) is 2. The Hall–Kier alpha value is -2.86. The van der Waals surface area contributed by atoms with Gasteiger partial charge < -0.3 is 35.6 Å². The molecule has 5 aromatic rings. The number of aromatic amines is 2. The van der Waals surface area contributed by atoms with Crippen molar-refractivity contribution in [2.24, 2.45) is 0 Å². The summed E-state index contributed by atoms with van der Waals surface area (Å²) >= 11 is 0. The van der Waals surface area contributed by atoms with Crippen molar-refractivity contribution in [3.8, 4) is 0 Å². The Morgan fingerprint density at radius 2 is 1.14 bits per heavy atom. The maximum absolute atomic E-state index is 7.32. The van der Waals surface area contributed by atoms with Gasteiger partial charge in [0, 0.05) is 63.2 Å². The number of hydrogen-bond donors (Lipinski definition) is 0. The summed E-state index contributed by atoms with van der Waals surface area (Å²) < 4.78 is 25.7. The van der Waals surface area contributed by atoms with Crippen molar-refractivity contribution in [3.63, 3.8) is 0 Å². The number of aromatic nitrogens is 6. The van der Waals surface area contributed by atoms with E-state index in [1.807, 2.05) is 49.1 Å². The van der Waals surface area contributed by atoms with Gasteiger partial charge in [0.05, 0.1) is 0 Å². The Labute approximate surface area is 269 Å². The largest absolute Gasteiger partial charge is 2.00 e. The van der Waals surface area contributed by atoms with Crippen LogP contribution in [-0.2, 0) is 14.0 Å². The van der Waals surface area contributed by atoms with E-state index >= 15 is 0 Å². The third-order valence-electron chi connectivity index (χ3n) is 7.85. The van der Waals surface area contributed by atoms with Crippen LogP contribution >= 0.6 is 0 Å². The van der Waals surface area contributed by atoms with Crippen molar-refractivity contribution in [3.05, 3.63) is 116 Å². The summed E-state index contributed by atoms with van der Waals surface area (Å²) in [5, 5.41) is 6.72. The first kappa shape index (κ1) is 32.1. The van der Waals surface area contributed by atoms with Crippen LogP contribution in [-0.4, -0.2) is 76.5 Å². The summed E-state index contributed by atoms with van der Waals surface area (Å²) in [6.45, 7) is 0.311. The fourth-order valence-corrected chi connectivity index (χ4v) is 6.00. The molecular formula is C29H37B2ClMgN6O3+2. The van der Waals surface area contributed by atoms with Crippen LogP contribution in [0.1, 0.15) is 25.7 Å². The molecule has 0 radical (unpaired) electrons. The van der Waals surface area contributed by atoms with E-state index in [9.17, 15) is 0 Å². The van der Waals surface area contributed by atoms with Gasteiger partial charge in [-0.15, -0.1) is 5.46 Å².